The molecule has 1 aromatic carbocycles. The Morgan fingerprint density at radius 2 is 1.92 bits per heavy atom. The molecule has 6 nitrogen and oxygen atoms in total. The summed E-state index contributed by atoms with van der Waals surface area (Å²) in [7, 11) is 0. The van der Waals surface area contributed by atoms with Gasteiger partial charge in [-0.15, -0.1) is 0 Å². The molecule has 3 unspecified atom stereocenters. The van der Waals surface area contributed by atoms with Crippen molar-refractivity contribution in [1.82, 2.24) is 4.98 Å². The average molecular weight is 353 g/mol. The number of nitrogens with zero attached hydrogens (tertiary/aromatic N) is 2. The molecule has 0 radical (unpaired) electrons. The molecule has 6 heteroatoms. The molecule has 2 aromatic rings. The summed E-state index contributed by atoms with van der Waals surface area (Å²) >= 11 is 0. The summed E-state index contributed by atoms with van der Waals surface area (Å²) in [6.45, 7) is 7.53. The smallest absolute Gasteiger partial charge is 0.335 e. The molecular weight excluding hydrogens is 330 g/mol. The minimum atomic E-state index is -0.985. The van der Waals surface area contributed by atoms with Crippen LogP contribution >= 0.6 is 0 Å². The van der Waals surface area contributed by atoms with Crippen molar-refractivity contribution >= 4 is 23.4 Å². The number of anilines is 2. The standard InChI is InChI=1S/C20H23N3O3/c1-11-6-5-7-18(21-11)22-19-12(2)13(3)23(14(4)24)17-9-8-15(20(25)26)10-16(17)19/h5-10,12-13,19H,1-4H3,(H,21,22)(H,25,26). The predicted octanol–water partition coefficient (Wildman–Crippen LogP) is 3.63. The molecule has 1 aliphatic rings. The maximum atomic E-state index is 12.2. The lowest BCUT2D eigenvalue weighted by Crippen LogP contribution is -2.48. The van der Waals surface area contributed by atoms with Crippen molar-refractivity contribution in [2.75, 3.05) is 10.2 Å². The van der Waals surface area contributed by atoms with Gasteiger partial charge in [0.2, 0.25) is 5.91 Å². The number of hydrogen-bond donors (Lipinski definition) is 2. The second kappa shape index (κ2) is 6.78. The molecule has 3 rings (SSSR count). The summed E-state index contributed by atoms with van der Waals surface area (Å²) in [6, 6.07) is 10.5. The van der Waals surface area contributed by atoms with Gasteiger partial charge in [-0.3, -0.25) is 4.79 Å². The molecule has 0 saturated heterocycles. The van der Waals surface area contributed by atoms with Crippen molar-refractivity contribution in [3.63, 3.8) is 0 Å². The highest BCUT2D eigenvalue weighted by Gasteiger charge is 2.38. The normalized spacial score (nSPS) is 21.8. The molecule has 0 bridgehead atoms. The molecule has 3 atom stereocenters. The molecule has 0 aliphatic carbocycles. The maximum Gasteiger partial charge on any atom is 0.335 e. The van der Waals surface area contributed by atoms with Gasteiger partial charge in [-0.25, -0.2) is 9.78 Å². The van der Waals surface area contributed by atoms with E-state index in [1.165, 1.54) is 6.92 Å². The lowest BCUT2D eigenvalue weighted by Gasteiger charge is -2.44. The number of aromatic carboxylic acids is 1. The number of nitrogens with one attached hydrogen (secondary N) is 1. The van der Waals surface area contributed by atoms with Gasteiger partial charge in [-0.05, 0) is 49.7 Å². The van der Waals surface area contributed by atoms with Gasteiger partial charge in [-0.1, -0.05) is 13.0 Å². The number of pyridine rings is 1. The quantitative estimate of drug-likeness (QED) is 0.880. The van der Waals surface area contributed by atoms with Crippen LogP contribution in [0.5, 0.6) is 0 Å². The summed E-state index contributed by atoms with van der Waals surface area (Å²) in [5.41, 5.74) is 2.65. The fraction of sp³-hybridized carbons (Fsp3) is 0.350. The first kappa shape index (κ1) is 17.9. The van der Waals surface area contributed by atoms with Gasteiger partial charge < -0.3 is 15.3 Å². The fourth-order valence-electron chi connectivity index (χ4n) is 3.62. The van der Waals surface area contributed by atoms with Crippen LogP contribution in [0.3, 0.4) is 0 Å². The highest BCUT2D eigenvalue weighted by atomic mass is 16.4. The van der Waals surface area contributed by atoms with E-state index in [9.17, 15) is 14.7 Å². The minimum absolute atomic E-state index is 0.0296. The van der Waals surface area contributed by atoms with Crippen LogP contribution in [-0.4, -0.2) is 28.0 Å². The Hall–Kier alpha value is -2.89. The minimum Gasteiger partial charge on any atom is -0.478 e. The average Bonchev–Trinajstić information content (AvgIpc) is 2.58. The molecule has 0 saturated carbocycles. The lowest BCUT2D eigenvalue weighted by atomic mass is 9.82. The first-order valence-corrected chi connectivity index (χ1v) is 8.67. The van der Waals surface area contributed by atoms with Crippen molar-refractivity contribution in [2.45, 2.75) is 39.8 Å². The summed E-state index contributed by atoms with van der Waals surface area (Å²) in [5, 5.41) is 12.8. The SMILES string of the molecule is CC(=O)N1c2ccc(C(=O)O)cc2C(Nc2cccc(C)n2)C(C)C1C. The van der Waals surface area contributed by atoms with Crippen LogP contribution in [0.4, 0.5) is 11.5 Å². The topological polar surface area (TPSA) is 82.5 Å². The Morgan fingerprint density at radius 3 is 2.54 bits per heavy atom. The van der Waals surface area contributed by atoms with Crippen LogP contribution in [0.2, 0.25) is 0 Å². The van der Waals surface area contributed by atoms with Crippen molar-refractivity contribution in [3.05, 3.63) is 53.2 Å². The molecule has 26 heavy (non-hydrogen) atoms. The predicted molar refractivity (Wildman–Crippen MR) is 101 cm³/mol. The Bertz CT molecular complexity index is 865. The second-order valence-corrected chi connectivity index (χ2v) is 6.85. The van der Waals surface area contributed by atoms with Crippen molar-refractivity contribution in [1.29, 1.82) is 0 Å². The number of aryl methyl sites for hydroxylation is 1. The zero-order valence-corrected chi connectivity index (χ0v) is 15.4. The lowest BCUT2D eigenvalue weighted by molar-refractivity contribution is -0.117. The van der Waals surface area contributed by atoms with Crippen LogP contribution in [0.1, 0.15) is 48.4 Å². The first-order valence-electron chi connectivity index (χ1n) is 8.67. The van der Waals surface area contributed by atoms with Crippen LogP contribution in [0.25, 0.3) is 0 Å². The Kier molecular flexibility index (Phi) is 4.68. The molecule has 136 valence electrons. The van der Waals surface area contributed by atoms with E-state index in [1.807, 2.05) is 32.0 Å². The van der Waals surface area contributed by atoms with Gasteiger partial charge in [0.15, 0.2) is 0 Å². The third-order valence-electron chi connectivity index (χ3n) is 5.09. The second-order valence-electron chi connectivity index (χ2n) is 6.85. The van der Waals surface area contributed by atoms with Gasteiger partial charge in [0.1, 0.15) is 5.82 Å². The number of carboxylic acid groups (broad SMARTS) is 1. The van der Waals surface area contributed by atoms with E-state index < -0.39 is 5.97 Å². The first-order chi connectivity index (χ1) is 12.3. The van der Waals surface area contributed by atoms with E-state index in [0.717, 1.165) is 22.8 Å². The largest absolute Gasteiger partial charge is 0.478 e. The molecule has 0 fully saturated rings. The van der Waals surface area contributed by atoms with Crippen molar-refractivity contribution in [3.8, 4) is 0 Å². The van der Waals surface area contributed by atoms with E-state index in [1.54, 1.807) is 23.1 Å². The summed E-state index contributed by atoms with van der Waals surface area (Å²) in [5.74, 6) is -0.239. The number of benzene rings is 1. The number of carboxylic acids is 1. The number of aromatic nitrogens is 1. The number of rotatable bonds is 3. The van der Waals surface area contributed by atoms with Crippen LogP contribution in [-0.2, 0) is 4.79 Å². The monoisotopic (exact) mass is 353 g/mol. The Morgan fingerprint density at radius 1 is 1.19 bits per heavy atom. The van der Waals surface area contributed by atoms with Gasteiger partial charge in [-0.2, -0.15) is 0 Å². The Labute approximate surface area is 152 Å². The zero-order chi connectivity index (χ0) is 19.0. The van der Waals surface area contributed by atoms with E-state index in [2.05, 4.69) is 17.2 Å². The highest BCUT2D eigenvalue weighted by molar-refractivity contribution is 5.95. The molecular formula is C20H23N3O3. The van der Waals surface area contributed by atoms with Crippen molar-refractivity contribution < 1.29 is 14.7 Å². The van der Waals surface area contributed by atoms with Gasteiger partial charge in [0.25, 0.3) is 0 Å². The number of hydrogen-bond acceptors (Lipinski definition) is 4. The molecule has 1 aliphatic heterocycles. The number of carbonyl (C=O) groups is 2. The number of fused-ring (bicyclic) bond motifs is 1. The van der Waals surface area contributed by atoms with Crippen LogP contribution in [0.15, 0.2) is 36.4 Å². The third-order valence-corrected chi connectivity index (χ3v) is 5.09. The van der Waals surface area contributed by atoms with Crippen molar-refractivity contribution in [2.24, 2.45) is 5.92 Å². The van der Waals surface area contributed by atoms with Crippen LogP contribution < -0.4 is 10.2 Å². The molecule has 2 N–H and O–H groups in total. The summed E-state index contributed by atoms with van der Waals surface area (Å²) in [6.07, 6.45) is 0. The van der Waals surface area contributed by atoms with Gasteiger partial charge in [0.05, 0.1) is 11.6 Å². The van der Waals surface area contributed by atoms with E-state index in [0.29, 0.717) is 0 Å². The third kappa shape index (κ3) is 3.14. The molecule has 0 spiro atoms. The Balaban J connectivity index is 2.11. The number of carbonyl (C=O) groups excluding carboxylic acids is 1. The summed E-state index contributed by atoms with van der Waals surface area (Å²) in [4.78, 5) is 29.9. The van der Waals surface area contributed by atoms with E-state index in [4.69, 9.17) is 0 Å². The van der Waals surface area contributed by atoms with E-state index >= 15 is 0 Å². The van der Waals surface area contributed by atoms with Gasteiger partial charge >= 0.3 is 5.97 Å². The highest BCUT2D eigenvalue weighted by Crippen LogP contribution is 2.42. The zero-order valence-electron chi connectivity index (χ0n) is 15.4. The molecule has 1 aromatic heterocycles. The maximum absolute atomic E-state index is 12.2. The van der Waals surface area contributed by atoms with E-state index in [-0.39, 0.29) is 29.5 Å². The molecule has 2 heterocycles. The summed E-state index contributed by atoms with van der Waals surface area (Å²) < 4.78 is 0. The fourth-order valence-corrected chi connectivity index (χ4v) is 3.62. The molecule has 1 amide bonds. The van der Waals surface area contributed by atoms with Gasteiger partial charge in [0, 0.05) is 30.3 Å². The van der Waals surface area contributed by atoms with Crippen LogP contribution in [0, 0.1) is 12.8 Å². The number of amides is 1.